The lowest BCUT2D eigenvalue weighted by molar-refractivity contribution is 0.240. The van der Waals surface area contributed by atoms with Crippen molar-refractivity contribution < 1.29 is 0 Å². The van der Waals surface area contributed by atoms with E-state index in [1.807, 2.05) is 6.07 Å². The van der Waals surface area contributed by atoms with Crippen molar-refractivity contribution in [2.45, 2.75) is 25.0 Å². The molecule has 1 spiro atoms. The Morgan fingerprint density at radius 3 is 2.50 bits per heavy atom. The Bertz CT molecular complexity index is 1060. The molecule has 1 saturated carbocycles. The number of nitrogens with zero attached hydrogens (tertiary/aromatic N) is 4. The van der Waals surface area contributed by atoms with Crippen LogP contribution in [0.25, 0.3) is 11.0 Å². The van der Waals surface area contributed by atoms with Gasteiger partial charge in [-0.3, -0.25) is 14.8 Å². The molecule has 1 aromatic heterocycles. The molecule has 0 unspecified atom stereocenters. The van der Waals surface area contributed by atoms with Crippen LogP contribution < -0.4 is 11.1 Å². The van der Waals surface area contributed by atoms with Crippen LogP contribution in [0, 0.1) is 11.8 Å². The Hall–Kier alpha value is -2.86. The SMILES string of the molecule is NC1=NC2(C[C@@H]3CN(Cc4ccccc4)C[C@H]3C2)n2c(nc3ccccc32)N1. The van der Waals surface area contributed by atoms with Gasteiger partial charge in [0.1, 0.15) is 5.66 Å². The van der Waals surface area contributed by atoms with Crippen molar-refractivity contribution in [2.75, 3.05) is 18.4 Å². The van der Waals surface area contributed by atoms with Crippen LogP contribution in [0.5, 0.6) is 0 Å². The van der Waals surface area contributed by atoms with Crippen LogP contribution in [0.3, 0.4) is 0 Å². The summed E-state index contributed by atoms with van der Waals surface area (Å²) >= 11 is 0. The van der Waals surface area contributed by atoms with E-state index in [-0.39, 0.29) is 5.66 Å². The summed E-state index contributed by atoms with van der Waals surface area (Å²) in [6.45, 7) is 3.30. The van der Waals surface area contributed by atoms with Gasteiger partial charge in [-0.1, -0.05) is 42.5 Å². The number of rotatable bonds is 2. The number of nitrogens with one attached hydrogen (secondary N) is 1. The zero-order valence-corrected chi connectivity index (χ0v) is 15.8. The van der Waals surface area contributed by atoms with Crippen molar-refractivity contribution in [3.63, 3.8) is 0 Å². The van der Waals surface area contributed by atoms with Gasteiger partial charge in [-0.2, -0.15) is 0 Å². The Kier molecular flexibility index (Phi) is 3.35. The predicted molar refractivity (Wildman–Crippen MR) is 111 cm³/mol. The first-order chi connectivity index (χ1) is 13.7. The molecule has 142 valence electrons. The molecule has 2 aliphatic heterocycles. The monoisotopic (exact) mass is 372 g/mol. The van der Waals surface area contributed by atoms with Crippen molar-refractivity contribution in [1.82, 2.24) is 14.5 Å². The fourth-order valence-electron chi connectivity index (χ4n) is 5.61. The van der Waals surface area contributed by atoms with E-state index in [0.29, 0.717) is 17.8 Å². The topological polar surface area (TPSA) is 71.5 Å². The molecular weight excluding hydrogens is 348 g/mol. The summed E-state index contributed by atoms with van der Waals surface area (Å²) in [7, 11) is 0. The van der Waals surface area contributed by atoms with Gasteiger partial charge in [0.05, 0.1) is 11.0 Å². The summed E-state index contributed by atoms with van der Waals surface area (Å²) in [6, 6.07) is 19.1. The molecule has 2 atom stereocenters. The minimum absolute atomic E-state index is 0.297. The fourth-order valence-corrected chi connectivity index (χ4v) is 5.61. The lowest BCUT2D eigenvalue weighted by Gasteiger charge is -2.34. The largest absolute Gasteiger partial charge is 0.370 e. The van der Waals surface area contributed by atoms with Gasteiger partial charge in [-0.25, -0.2) is 9.98 Å². The van der Waals surface area contributed by atoms with Crippen LogP contribution >= 0.6 is 0 Å². The van der Waals surface area contributed by atoms with Gasteiger partial charge in [0.15, 0.2) is 5.96 Å². The second-order valence-electron chi connectivity index (χ2n) is 8.47. The normalized spacial score (nSPS) is 25.5. The Morgan fingerprint density at radius 1 is 1.00 bits per heavy atom. The van der Waals surface area contributed by atoms with Gasteiger partial charge in [0, 0.05) is 19.6 Å². The summed E-state index contributed by atoms with van der Waals surface area (Å²) in [6.07, 6.45) is 2.05. The first-order valence-corrected chi connectivity index (χ1v) is 10.1. The third kappa shape index (κ3) is 2.37. The van der Waals surface area contributed by atoms with Crippen LogP contribution in [0.4, 0.5) is 5.95 Å². The van der Waals surface area contributed by atoms with E-state index in [0.717, 1.165) is 49.5 Å². The van der Waals surface area contributed by atoms with Gasteiger partial charge < -0.3 is 5.73 Å². The van der Waals surface area contributed by atoms with Crippen LogP contribution in [0.2, 0.25) is 0 Å². The maximum absolute atomic E-state index is 6.18. The quantitative estimate of drug-likeness (QED) is 0.725. The summed E-state index contributed by atoms with van der Waals surface area (Å²) in [4.78, 5) is 12.3. The highest BCUT2D eigenvalue weighted by atomic mass is 15.4. The lowest BCUT2D eigenvalue weighted by Crippen LogP contribution is -2.41. The first kappa shape index (κ1) is 16.1. The molecule has 3 aliphatic rings. The molecule has 0 bridgehead atoms. The average molecular weight is 372 g/mol. The van der Waals surface area contributed by atoms with Gasteiger partial charge in [0.2, 0.25) is 5.95 Å². The minimum Gasteiger partial charge on any atom is -0.370 e. The molecule has 3 aromatic rings. The molecular formula is C22H24N6. The van der Waals surface area contributed by atoms with E-state index < -0.39 is 0 Å². The Labute approximate surface area is 164 Å². The number of benzene rings is 2. The van der Waals surface area contributed by atoms with Crippen molar-refractivity contribution >= 4 is 22.9 Å². The summed E-state index contributed by atoms with van der Waals surface area (Å²) in [5, 5.41) is 3.18. The molecule has 28 heavy (non-hydrogen) atoms. The maximum atomic E-state index is 6.18. The number of aromatic nitrogens is 2. The molecule has 2 aromatic carbocycles. The van der Waals surface area contributed by atoms with E-state index in [9.17, 15) is 0 Å². The van der Waals surface area contributed by atoms with Crippen LogP contribution in [-0.2, 0) is 12.2 Å². The lowest BCUT2D eigenvalue weighted by atomic mass is 10.0. The summed E-state index contributed by atoms with van der Waals surface area (Å²) in [5.74, 6) is 2.61. The highest BCUT2D eigenvalue weighted by Gasteiger charge is 2.52. The van der Waals surface area contributed by atoms with E-state index in [1.165, 1.54) is 5.56 Å². The number of aliphatic imine (C=N–C) groups is 1. The van der Waals surface area contributed by atoms with E-state index in [4.69, 9.17) is 15.7 Å². The first-order valence-electron chi connectivity index (χ1n) is 10.1. The molecule has 3 heterocycles. The molecule has 0 amide bonds. The number of likely N-dealkylation sites (tertiary alicyclic amines) is 1. The zero-order valence-electron chi connectivity index (χ0n) is 15.8. The molecule has 1 aliphatic carbocycles. The average Bonchev–Trinajstić information content (AvgIpc) is 3.31. The number of anilines is 1. The third-order valence-electron chi connectivity index (χ3n) is 6.62. The van der Waals surface area contributed by atoms with E-state index in [2.05, 4.69) is 63.3 Å². The fraction of sp³-hybridized carbons (Fsp3) is 0.364. The number of guanidine groups is 1. The highest BCUT2D eigenvalue weighted by Crippen LogP contribution is 2.51. The number of hydrogen-bond donors (Lipinski definition) is 2. The minimum atomic E-state index is -0.297. The Morgan fingerprint density at radius 2 is 1.71 bits per heavy atom. The predicted octanol–water partition coefficient (Wildman–Crippen LogP) is 2.97. The van der Waals surface area contributed by atoms with E-state index >= 15 is 0 Å². The molecule has 2 fully saturated rings. The number of hydrogen-bond acceptors (Lipinski definition) is 5. The molecule has 6 heteroatoms. The van der Waals surface area contributed by atoms with Gasteiger partial charge >= 0.3 is 0 Å². The second-order valence-corrected chi connectivity index (χ2v) is 8.47. The van der Waals surface area contributed by atoms with Crippen LogP contribution in [0.15, 0.2) is 59.6 Å². The molecule has 1 saturated heterocycles. The second kappa shape index (κ2) is 5.82. The molecule has 6 rings (SSSR count). The Balaban J connectivity index is 1.31. The standard InChI is InChI=1S/C22H24N6/c23-20-25-21-24-18-8-4-5-9-19(18)28(21)22(26-20)10-16-13-27(14-17(16)11-22)12-15-6-2-1-3-7-15/h1-9,16-17H,10-14H2,(H3,23,24,25,26)/t16-,17-/m1/s1. The van der Waals surface area contributed by atoms with Crippen LogP contribution in [0.1, 0.15) is 18.4 Å². The zero-order chi connectivity index (χ0) is 18.7. The van der Waals surface area contributed by atoms with Crippen molar-refractivity contribution in [2.24, 2.45) is 22.6 Å². The van der Waals surface area contributed by atoms with Crippen molar-refractivity contribution in [1.29, 1.82) is 0 Å². The molecule has 0 radical (unpaired) electrons. The van der Waals surface area contributed by atoms with Crippen molar-refractivity contribution in [3.05, 3.63) is 60.2 Å². The number of fused-ring (bicyclic) bond motifs is 5. The summed E-state index contributed by atoms with van der Waals surface area (Å²) in [5.41, 5.74) is 9.42. The smallest absolute Gasteiger partial charge is 0.212 e. The van der Waals surface area contributed by atoms with Crippen molar-refractivity contribution in [3.8, 4) is 0 Å². The van der Waals surface area contributed by atoms with E-state index in [1.54, 1.807) is 0 Å². The number of imidazole rings is 1. The van der Waals surface area contributed by atoms with Gasteiger partial charge in [-0.15, -0.1) is 0 Å². The maximum Gasteiger partial charge on any atom is 0.212 e. The van der Waals surface area contributed by atoms with Crippen LogP contribution in [-0.4, -0.2) is 33.5 Å². The molecule has 3 N–H and O–H groups in total. The molecule has 6 nitrogen and oxygen atoms in total. The highest BCUT2D eigenvalue weighted by molar-refractivity contribution is 5.94. The van der Waals surface area contributed by atoms with Gasteiger partial charge in [-0.05, 0) is 42.4 Å². The number of para-hydroxylation sites is 2. The summed E-state index contributed by atoms with van der Waals surface area (Å²) < 4.78 is 2.30. The third-order valence-corrected chi connectivity index (χ3v) is 6.62. The van der Waals surface area contributed by atoms with Gasteiger partial charge in [0.25, 0.3) is 0 Å². The number of nitrogens with two attached hydrogens (primary N) is 1.